The van der Waals surface area contributed by atoms with Gasteiger partial charge in [0, 0.05) is 12.1 Å². The normalized spacial score (nSPS) is 19.0. The van der Waals surface area contributed by atoms with E-state index in [0.29, 0.717) is 5.41 Å². The Morgan fingerprint density at radius 3 is 2.62 bits per heavy atom. The number of furan rings is 1. The number of rotatable bonds is 7. The van der Waals surface area contributed by atoms with Gasteiger partial charge >= 0.3 is 0 Å². The van der Waals surface area contributed by atoms with E-state index < -0.39 is 0 Å². The lowest BCUT2D eigenvalue weighted by Gasteiger charge is -2.38. The van der Waals surface area contributed by atoms with E-state index in [9.17, 15) is 0 Å². The van der Waals surface area contributed by atoms with E-state index >= 15 is 0 Å². The molecule has 0 unspecified atom stereocenters. The molecule has 3 nitrogen and oxygen atoms in total. The van der Waals surface area contributed by atoms with Crippen molar-refractivity contribution in [1.82, 2.24) is 10.2 Å². The summed E-state index contributed by atoms with van der Waals surface area (Å²) in [6, 6.07) is 2.24. The van der Waals surface area contributed by atoms with Crippen molar-refractivity contribution in [3.05, 3.63) is 23.2 Å². The number of aryl methyl sites for hydroxylation is 1. The molecule has 0 amide bonds. The summed E-state index contributed by atoms with van der Waals surface area (Å²) >= 11 is 0. The molecule has 0 atom stereocenters. The molecule has 0 radical (unpaired) electrons. The molecule has 1 fully saturated rings. The molecule has 120 valence electrons. The number of piperidine rings is 1. The zero-order valence-corrected chi connectivity index (χ0v) is 14.3. The molecule has 3 heteroatoms. The fourth-order valence-electron chi connectivity index (χ4n) is 3.07. The SMILES string of the molecule is CCCNCc1cc(CN2CCC(C)(CC)CC2)c(C)o1. The standard InChI is InChI=1S/C18H32N2O/c1-5-9-19-13-17-12-16(15(3)21-17)14-20-10-7-18(4,6-2)8-11-20/h12,19H,5-11,13-14H2,1-4H3. The van der Waals surface area contributed by atoms with E-state index in [1.807, 2.05) is 0 Å². The van der Waals surface area contributed by atoms with Crippen LogP contribution in [-0.2, 0) is 13.1 Å². The first-order chi connectivity index (χ1) is 10.1. The van der Waals surface area contributed by atoms with Crippen LogP contribution < -0.4 is 5.32 Å². The molecule has 0 aromatic carbocycles. The molecule has 21 heavy (non-hydrogen) atoms. The minimum Gasteiger partial charge on any atom is -0.465 e. The second kappa shape index (κ2) is 7.46. The van der Waals surface area contributed by atoms with Crippen molar-refractivity contribution in [2.75, 3.05) is 19.6 Å². The number of nitrogens with zero attached hydrogens (tertiary/aromatic N) is 1. The van der Waals surface area contributed by atoms with Gasteiger partial charge in [0.05, 0.1) is 6.54 Å². The minimum atomic E-state index is 0.567. The Morgan fingerprint density at radius 2 is 2.00 bits per heavy atom. The zero-order valence-electron chi connectivity index (χ0n) is 14.3. The van der Waals surface area contributed by atoms with Crippen LogP contribution in [0.4, 0.5) is 0 Å². The average Bonchev–Trinajstić information content (AvgIpc) is 2.82. The molecule has 0 saturated carbocycles. The summed E-state index contributed by atoms with van der Waals surface area (Å²) < 4.78 is 5.88. The summed E-state index contributed by atoms with van der Waals surface area (Å²) in [6.07, 6.45) is 5.12. The predicted molar refractivity (Wildman–Crippen MR) is 88.4 cm³/mol. The molecule has 1 aromatic rings. The Labute approximate surface area is 130 Å². The van der Waals surface area contributed by atoms with E-state index in [-0.39, 0.29) is 0 Å². The van der Waals surface area contributed by atoms with Gasteiger partial charge in [-0.3, -0.25) is 4.90 Å². The molecule has 1 aliphatic rings. The summed E-state index contributed by atoms with van der Waals surface area (Å²) in [5.74, 6) is 2.17. The quantitative estimate of drug-likeness (QED) is 0.767. The van der Waals surface area contributed by atoms with Crippen LogP contribution in [0.25, 0.3) is 0 Å². The van der Waals surface area contributed by atoms with Crippen LogP contribution in [0, 0.1) is 12.3 Å². The third-order valence-electron chi connectivity index (χ3n) is 5.11. The monoisotopic (exact) mass is 292 g/mol. The predicted octanol–water partition coefficient (Wildman–Crippen LogP) is 4.10. The maximum atomic E-state index is 5.88. The van der Waals surface area contributed by atoms with Gasteiger partial charge in [0.1, 0.15) is 11.5 Å². The molecule has 2 rings (SSSR count). The molecule has 0 spiro atoms. The van der Waals surface area contributed by atoms with Gasteiger partial charge in [-0.05, 0) is 57.3 Å². The Balaban J connectivity index is 1.86. The summed E-state index contributed by atoms with van der Waals surface area (Å²) in [6.45, 7) is 14.4. The van der Waals surface area contributed by atoms with E-state index in [4.69, 9.17) is 4.42 Å². The smallest absolute Gasteiger partial charge is 0.118 e. The molecule has 2 heterocycles. The topological polar surface area (TPSA) is 28.4 Å². The highest BCUT2D eigenvalue weighted by atomic mass is 16.3. The molecular weight excluding hydrogens is 260 g/mol. The van der Waals surface area contributed by atoms with Crippen molar-refractivity contribution in [1.29, 1.82) is 0 Å². The first kappa shape index (κ1) is 16.6. The molecule has 0 bridgehead atoms. The van der Waals surface area contributed by atoms with Crippen molar-refractivity contribution >= 4 is 0 Å². The second-order valence-corrected chi connectivity index (χ2v) is 6.91. The number of hydrogen-bond acceptors (Lipinski definition) is 3. The summed E-state index contributed by atoms with van der Waals surface area (Å²) in [4.78, 5) is 2.58. The van der Waals surface area contributed by atoms with Crippen molar-refractivity contribution in [3.63, 3.8) is 0 Å². The Bertz CT molecular complexity index is 430. The lowest BCUT2D eigenvalue weighted by Crippen LogP contribution is -2.37. The van der Waals surface area contributed by atoms with Crippen molar-refractivity contribution < 1.29 is 4.42 Å². The van der Waals surface area contributed by atoms with Gasteiger partial charge in [0.25, 0.3) is 0 Å². The van der Waals surface area contributed by atoms with Gasteiger partial charge in [-0.2, -0.15) is 0 Å². The summed E-state index contributed by atoms with van der Waals surface area (Å²) in [7, 11) is 0. The maximum Gasteiger partial charge on any atom is 0.118 e. The van der Waals surface area contributed by atoms with Gasteiger partial charge in [0.2, 0.25) is 0 Å². The average molecular weight is 292 g/mol. The van der Waals surface area contributed by atoms with Crippen LogP contribution in [0.15, 0.2) is 10.5 Å². The highest BCUT2D eigenvalue weighted by molar-refractivity contribution is 5.20. The van der Waals surface area contributed by atoms with Gasteiger partial charge in [-0.25, -0.2) is 0 Å². The first-order valence-electron chi connectivity index (χ1n) is 8.57. The third kappa shape index (κ3) is 4.58. The van der Waals surface area contributed by atoms with Gasteiger partial charge in [-0.15, -0.1) is 0 Å². The molecule has 0 aliphatic carbocycles. The Kier molecular flexibility index (Phi) is 5.88. The van der Waals surface area contributed by atoms with Crippen LogP contribution in [0.1, 0.15) is 63.5 Å². The van der Waals surface area contributed by atoms with Crippen LogP contribution in [-0.4, -0.2) is 24.5 Å². The molecule has 1 aliphatic heterocycles. The number of nitrogens with one attached hydrogen (secondary N) is 1. The van der Waals surface area contributed by atoms with Crippen molar-refractivity contribution in [3.8, 4) is 0 Å². The Hall–Kier alpha value is -0.800. The Morgan fingerprint density at radius 1 is 1.29 bits per heavy atom. The van der Waals surface area contributed by atoms with Crippen molar-refractivity contribution in [2.24, 2.45) is 5.41 Å². The fourth-order valence-corrected chi connectivity index (χ4v) is 3.07. The van der Waals surface area contributed by atoms with Gasteiger partial charge < -0.3 is 9.73 Å². The van der Waals surface area contributed by atoms with E-state index in [2.05, 4.69) is 44.0 Å². The fraction of sp³-hybridized carbons (Fsp3) is 0.778. The minimum absolute atomic E-state index is 0.567. The maximum absolute atomic E-state index is 5.88. The van der Waals surface area contributed by atoms with Crippen LogP contribution in [0.5, 0.6) is 0 Å². The molecule has 1 saturated heterocycles. The summed E-state index contributed by atoms with van der Waals surface area (Å²) in [5, 5.41) is 3.41. The highest BCUT2D eigenvalue weighted by Crippen LogP contribution is 2.34. The third-order valence-corrected chi connectivity index (χ3v) is 5.11. The first-order valence-corrected chi connectivity index (χ1v) is 8.57. The largest absolute Gasteiger partial charge is 0.465 e. The zero-order chi connectivity index (χ0) is 15.3. The molecule has 1 N–H and O–H groups in total. The van der Waals surface area contributed by atoms with Gasteiger partial charge in [-0.1, -0.05) is 27.2 Å². The van der Waals surface area contributed by atoms with Crippen LogP contribution in [0.3, 0.4) is 0 Å². The number of hydrogen-bond donors (Lipinski definition) is 1. The molecular formula is C18H32N2O. The van der Waals surface area contributed by atoms with E-state index in [0.717, 1.165) is 37.6 Å². The van der Waals surface area contributed by atoms with E-state index in [1.165, 1.54) is 37.9 Å². The van der Waals surface area contributed by atoms with Crippen molar-refractivity contribution in [2.45, 2.75) is 66.5 Å². The highest BCUT2D eigenvalue weighted by Gasteiger charge is 2.28. The summed E-state index contributed by atoms with van der Waals surface area (Å²) in [5.41, 5.74) is 1.93. The molecule has 1 aromatic heterocycles. The lowest BCUT2D eigenvalue weighted by atomic mass is 9.78. The number of likely N-dealkylation sites (tertiary alicyclic amines) is 1. The van der Waals surface area contributed by atoms with Crippen LogP contribution in [0.2, 0.25) is 0 Å². The van der Waals surface area contributed by atoms with E-state index in [1.54, 1.807) is 0 Å². The van der Waals surface area contributed by atoms with Crippen LogP contribution >= 0.6 is 0 Å². The van der Waals surface area contributed by atoms with Gasteiger partial charge in [0.15, 0.2) is 0 Å². The lowest BCUT2D eigenvalue weighted by molar-refractivity contribution is 0.109. The second-order valence-electron chi connectivity index (χ2n) is 6.91.